The molecule has 1 aromatic rings. The van der Waals surface area contributed by atoms with Gasteiger partial charge in [-0.25, -0.2) is 0 Å². The summed E-state index contributed by atoms with van der Waals surface area (Å²) in [7, 11) is 0. The fourth-order valence-electron chi connectivity index (χ4n) is 1.58. The number of carbonyl (C=O) groups is 3. The Morgan fingerprint density at radius 1 is 1.37 bits per heavy atom. The van der Waals surface area contributed by atoms with Crippen molar-refractivity contribution < 1.29 is 14.4 Å². The topological polar surface area (TPSA) is 101 Å². The molecule has 0 aromatic carbocycles. The molecule has 1 fully saturated rings. The zero-order valence-corrected chi connectivity index (χ0v) is 11.0. The molecule has 1 unspecified atom stereocenters. The van der Waals surface area contributed by atoms with Gasteiger partial charge in [0.1, 0.15) is 6.04 Å². The van der Waals surface area contributed by atoms with Crippen LogP contribution in [0.2, 0.25) is 10.3 Å². The van der Waals surface area contributed by atoms with Crippen LogP contribution >= 0.6 is 23.2 Å². The SMILES string of the molecule is O=C1CCC(NC(=O)c2cc(Cl)nnc2Cl)C(=O)N1. The molecule has 1 atom stereocenters. The molecule has 19 heavy (non-hydrogen) atoms. The summed E-state index contributed by atoms with van der Waals surface area (Å²) in [5.74, 6) is -1.51. The first kappa shape index (κ1) is 13.7. The molecule has 100 valence electrons. The minimum absolute atomic E-state index is 0.0119. The summed E-state index contributed by atoms with van der Waals surface area (Å²) < 4.78 is 0. The van der Waals surface area contributed by atoms with E-state index < -0.39 is 17.9 Å². The lowest BCUT2D eigenvalue weighted by molar-refractivity contribution is -0.134. The van der Waals surface area contributed by atoms with Gasteiger partial charge in [0.05, 0.1) is 5.56 Å². The van der Waals surface area contributed by atoms with E-state index in [1.54, 1.807) is 0 Å². The van der Waals surface area contributed by atoms with E-state index in [9.17, 15) is 14.4 Å². The van der Waals surface area contributed by atoms with Gasteiger partial charge >= 0.3 is 0 Å². The summed E-state index contributed by atoms with van der Waals surface area (Å²) in [6, 6.07) is 0.464. The Bertz CT molecular complexity index is 564. The minimum Gasteiger partial charge on any atom is -0.340 e. The van der Waals surface area contributed by atoms with E-state index in [2.05, 4.69) is 20.8 Å². The second-order valence-electron chi connectivity index (χ2n) is 3.85. The number of imide groups is 1. The van der Waals surface area contributed by atoms with Crippen molar-refractivity contribution in [1.29, 1.82) is 0 Å². The summed E-state index contributed by atoms with van der Waals surface area (Å²) in [5, 5.41) is 11.5. The molecule has 0 bridgehead atoms. The Morgan fingerprint density at radius 2 is 2.11 bits per heavy atom. The number of amides is 3. The fraction of sp³-hybridized carbons (Fsp3) is 0.300. The highest BCUT2D eigenvalue weighted by atomic mass is 35.5. The van der Waals surface area contributed by atoms with Crippen molar-refractivity contribution in [3.63, 3.8) is 0 Å². The Hall–Kier alpha value is -1.73. The molecule has 1 aromatic heterocycles. The molecule has 7 nitrogen and oxygen atoms in total. The second-order valence-corrected chi connectivity index (χ2v) is 4.59. The summed E-state index contributed by atoms with van der Waals surface area (Å²) in [4.78, 5) is 34.4. The highest BCUT2D eigenvalue weighted by Gasteiger charge is 2.28. The van der Waals surface area contributed by atoms with Crippen molar-refractivity contribution in [2.75, 3.05) is 0 Å². The van der Waals surface area contributed by atoms with Crippen LogP contribution in [0.1, 0.15) is 23.2 Å². The van der Waals surface area contributed by atoms with Gasteiger partial charge in [-0.1, -0.05) is 23.2 Å². The standard InChI is InChI=1S/C10H8Cl2N4O3/c11-6-3-4(8(12)16-15-6)9(18)13-5-1-2-7(17)14-10(5)19/h3,5H,1-2H2,(H,13,18)(H,14,17,19). The van der Waals surface area contributed by atoms with Crippen molar-refractivity contribution >= 4 is 40.9 Å². The molecule has 0 spiro atoms. The van der Waals surface area contributed by atoms with E-state index in [0.29, 0.717) is 0 Å². The number of carbonyl (C=O) groups excluding carboxylic acids is 3. The normalized spacial score (nSPS) is 18.9. The molecule has 0 aliphatic carbocycles. The predicted molar refractivity (Wildman–Crippen MR) is 65.7 cm³/mol. The molecule has 1 saturated heterocycles. The van der Waals surface area contributed by atoms with Gasteiger partial charge in [-0.2, -0.15) is 0 Å². The molecule has 0 radical (unpaired) electrons. The number of aromatic nitrogens is 2. The average Bonchev–Trinajstić information content (AvgIpc) is 2.35. The van der Waals surface area contributed by atoms with Crippen LogP contribution in [0.3, 0.4) is 0 Å². The smallest absolute Gasteiger partial charge is 0.255 e. The van der Waals surface area contributed by atoms with Gasteiger partial charge in [-0.3, -0.25) is 19.7 Å². The third kappa shape index (κ3) is 3.18. The van der Waals surface area contributed by atoms with E-state index in [1.807, 2.05) is 0 Å². The van der Waals surface area contributed by atoms with Crippen LogP contribution in [0.5, 0.6) is 0 Å². The van der Waals surface area contributed by atoms with Crippen molar-refractivity contribution in [2.24, 2.45) is 0 Å². The fourth-order valence-corrected chi connectivity index (χ4v) is 1.90. The van der Waals surface area contributed by atoms with Gasteiger partial charge in [-0.05, 0) is 12.5 Å². The zero-order chi connectivity index (χ0) is 14.0. The predicted octanol–water partition coefficient (Wildman–Crippen LogP) is 0.318. The lowest BCUT2D eigenvalue weighted by atomic mass is 10.1. The van der Waals surface area contributed by atoms with E-state index in [0.717, 1.165) is 0 Å². The molecular weight excluding hydrogens is 295 g/mol. The highest BCUT2D eigenvalue weighted by Crippen LogP contribution is 2.16. The van der Waals surface area contributed by atoms with Crippen LogP contribution in [0.15, 0.2) is 6.07 Å². The summed E-state index contributed by atoms with van der Waals surface area (Å²) in [5.41, 5.74) is 0.0198. The lowest BCUT2D eigenvalue weighted by Crippen LogP contribution is -2.52. The molecule has 1 aliphatic rings. The second kappa shape index (κ2) is 5.50. The lowest BCUT2D eigenvalue weighted by Gasteiger charge is -2.21. The Labute approximate surface area is 117 Å². The summed E-state index contributed by atoms with van der Waals surface area (Å²) in [6.07, 6.45) is 0.403. The molecule has 2 heterocycles. The third-order valence-corrected chi connectivity index (χ3v) is 2.97. The maximum Gasteiger partial charge on any atom is 0.255 e. The summed E-state index contributed by atoms with van der Waals surface area (Å²) in [6.45, 7) is 0. The van der Waals surface area contributed by atoms with E-state index in [-0.39, 0.29) is 34.6 Å². The largest absolute Gasteiger partial charge is 0.340 e. The molecular formula is C10H8Cl2N4O3. The van der Waals surface area contributed by atoms with E-state index >= 15 is 0 Å². The maximum atomic E-state index is 11.9. The van der Waals surface area contributed by atoms with Crippen LogP contribution in [0.25, 0.3) is 0 Å². The average molecular weight is 303 g/mol. The molecule has 2 rings (SSSR count). The van der Waals surface area contributed by atoms with Crippen molar-refractivity contribution in [3.8, 4) is 0 Å². The van der Waals surface area contributed by atoms with Crippen LogP contribution in [-0.4, -0.2) is 34.0 Å². The number of nitrogens with one attached hydrogen (secondary N) is 2. The quantitative estimate of drug-likeness (QED) is 0.766. The Balaban J connectivity index is 2.11. The van der Waals surface area contributed by atoms with Crippen molar-refractivity contribution in [3.05, 3.63) is 21.9 Å². The number of rotatable bonds is 2. The summed E-state index contributed by atoms with van der Waals surface area (Å²) >= 11 is 11.3. The first-order valence-corrected chi connectivity index (χ1v) is 6.06. The van der Waals surface area contributed by atoms with Gasteiger partial charge in [0.2, 0.25) is 11.8 Å². The van der Waals surface area contributed by atoms with Gasteiger partial charge in [0.15, 0.2) is 10.3 Å². The Kier molecular flexibility index (Phi) is 3.96. The van der Waals surface area contributed by atoms with Gasteiger partial charge in [0.25, 0.3) is 5.91 Å². The van der Waals surface area contributed by atoms with Gasteiger partial charge in [-0.15, -0.1) is 10.2 Å². The molecule has 3 amide bonds. The van der Waals surface area contributed by atoms with Crippen LogP contribution < -0.4 is 10.6 Å². The van der Waals surface area contributed by atoms with E-state index in [1.165, 1.54) is 6.07 Å². The zero-order valence-electron chi connectivity index (χ0n) is 9.44. The Morgan fingerprint density at radius 3 is 2.79 bits per heavy atom. The maximum absolute atomic E-state index is 11.9. The van der Waals surface area contributed by atoms with Gasteiger partial charge in [0, 0.05) is 6.42 Å². The molecule has 9 heteroatoms. The molecule has 1 aliphatic heterocycles. The number of hydrogen-bond acceptors (Lipinski definition) is 5. The minimum atomic E-state index is -0.784. The van der Waals surface area contributed by atoms with Crippen molar-refractivity contribution in [1.82, 2.24) is 20.8 Å². The van der Waals surface area contributed by atoms with Crippen LogP contribution in [0, 0.1) is 0 Å². The number of piperidine rings is 1. The number of nitrogens with zero attached hydrogens (tertiary/aromatic N) is 2. The van der Waals surface area contributed by atoms with Gasteiger partial charge < -0.3 is 5.32 Å². The number of halogens is 2. The third-order valence-electron chi connectivity index (χ3n) is 2.51. The highest BCUT2D eigenvalue weighted by molar-refractivity contribution is 6.34. The first-order chi connectivity index (χ1) is 8.97. The number of hydrogen-bond donors (Lipinski definition) is 2. The van der Waals surface area contributed by atoms with Crippen molar-refractivity contribution in [2.45, 2.75) is 18.9 Å². The molecule has 2 N–H and O–H groups in total. The van der Waals surface area contributed by atoms with Crippen LogP contribution in [0.4, 0.5) is 0 Å². The molecule has 0 saturated carbocycles. The first-order valence-electron chi connectivity index (χ1n) is 5.30. The monoisotopic (exact) mass is 302 g/mol. The van der Waals surface area contributed by atoms with Crippen LogP contribution in [-0.2, 0) is 9.59 Å². The van der Waals surface area contributed by atoms with E-state index in [4.69, 9.17) is 23.2 Å².